The maximum Gasteiger partial charge on any atom is 0.416 e. The standard InChI is InChI=1S/C18H15F6N7O/c1-9(13-29-15(25-2)30-31(13)16-26-4-3-5-27-16)28-14(32)10-6-11(17(19,20)21)8-12(7-10)18(22,23)24/h3-9H,1-2H3,(H,25,30)(H,28,32)/t9-/m0/s1. The van der Waals surface area contributed by atoms with Crippen LogP contribution in [0.25, 0.3) is 5.95 Å². The second-order valence-corrected chi connectivity index (χ2v) is 6.49. The molecule has 0 saturated heterocycles. The molecule has 0 spiro atoms. The Labute approximate surface area is 176 Å². The number of rotatable bonds is 5. The molecule has 14 heteroatoms. The summed E-state index contributed by atoms with van der Waals surface area (Å²) in [6.45, 7) is 1.43. The first kappa shape index (κ1) is 23.0. The Hall–Kier alpha value is -3.71. The molecule has 2 heterocycles. The summed E-state index contributed by atoms with van der Waals surface area (Å²) in [7, 11) is 1.53. The smallest absolute Gasteiger partial charge is 0.356 e. The highest BCUT2D eigenvalue weighted by Crippen LogP contribution is 2.36. The van der Waals surface area contributed by atoms with Crippen molar-refractivity contribution >= 4 is 11.9 Å². The molecule has 0 fully saturated rings. The monoisotopic (exact) mass is 459 g/mol. The minimum Gasteiger partial charge on any atom is -0.356 e. The fourth-order valence-corrected chi connectivity index (χ4v) is 2.69. The van der Waals surface area contributed by atoms with Crippen molar-refractivity contribution in [1.82, 2.24) is 30.0 Å². The third-order valence-electron chi connectivity index (χ3n) is 4.18. The molecule has 1 amide bonds. The van der Waals surface area contributed by atoms with Gasteiger partial charge in [-0.2, -0.15) is 36.0 Å². The molecule has 3 aromatic rings. The van der Waals surface area contributed by atoms with Crippen molar-refractivity contribution in [1.29, 1.82) is 0 Å². The van der Waals surface area contributed by atoms with Gasteiger partial charge in [0.15, 0.2) is 5.82 Å². The third kappa shape index (κ3) is 4.95. The van der Waals surface area contributed by atoms with Gasteiger partial charge in [0, 0.05) is 25.0 Å². The van der Waals surface area contributed by atoms with Gasteiger partial charge >= 0.3 is 12.4 Å². The van der Waals surface area contributed by atoms with E-state index in [4.69, 9.17) is 0 Å². The van der Waals surface area contributed by atoms with Crippen LogP contribution in [0.15, 0.2) is 36.7 Å². The lowest BCUT2D eigenvalue weighted by Gasteiger charge is -2.16. The van der Waals surface area contributed by atoms with E-state index in [1.807, 2.05) is 0 Å². The summed E-state index contributed by atoms with van der Waals surface area (Å²) >= 11 is 0. The summed E-state index contributed by atoms with van der Waals surface area (Å²) in [4.78, 5) is 24.7. The number of nitrogens with one attached hydrogen (secondary N) is 2. The Bertz CT molecular complexity index is 1080. The average molecular weight is 459 g/mol. The SMILES string of the molecule is CNc1nc([C@H](C)NC(=O)c2cc(C(F)(F)F)cc(C(F)(F)F)c2)n(-c2ncccn2)n1. The fraction of sp³-hybridized carbons (Fsp3) is 0.278. The van der Waals surface area contributed by atoms with Gasteiger partial charge in [-0.25, -0.2) is 9.97 Å². The lowest BCUT2D eigenvalue weighted by molar-refractivity contribution is -0.143. The molecule has 2 aromatic heterocycles. The van der Waals surface area contributed by atoms with Crippen molar-refractivity contribution in [2.24, 2.45) is 0 Å². The fourth-order valence-electron chi connectivity index (χ4n) is 2.69. The van der Waals surface area contributed by atoms with E-state index in [-0.39, 0.29) is 23.8 Å². The van der Waals surface area contributed by atoms with Crippen LogP contribution in [-0.2, 0) is 12.4 Å². The van der Waals surface area contributed by atoms with E-state index in [1.54, 1.807) is 6.07 Å². The first-order chi connectivity index (χ1) is 14.9. The Balaban J connectivity index is 1.95. The van der Waals surface area contributed by atoms with E-state index < -0.39 is 41.0 Å². The van der Waals surface area contributed by atoms with Gasteiger partial charge in [-0.1, -0.05) is 0 Å². The maximum absolute atomic E-state index is 13.1. The second kappa shape index (κ2) is 8.43. The molecular formula is C18H15F6N7O. The molecule has 0 aliphatic heterocycles. The quantitative estimate of drug-likeness (QED) is 0.566. The number of anilines is 1. The predicted octanol–water partition coefficient (Wildman–Crippen LogP) is 3.63. The van der Waals surface area contributed by atoms with E-state index in [0.29, 0.717) is 12.1 Å². The maximum atomic E-state index is 13.1. The first-order valence-electron chi connectivity index (χ1n) is 8.92. The van der Waals surface area contributed by atoms with Gasteiger partial charge in [0.25, 0.3) is 11.9 Å². The molecule has 0 bridgehead atoms. The van der Waals surface area contributed by atoms with Crippen LogP contribution in [-0.4, -0.2) is 37.7 Å². The van der Waals surface area contributed by atoms with Crippen LogP contribution in [0.5, 0.6) is 0 Å². The summed E-state index contributed by atoms with van der Waals surface area (Å²) in [5.74, 6) is -0.844. The second-order valence-electron chi connectivity index (χ2n) is 6.49. The third-order valence-corrected chi connectivity index (χ3v) is 4.18. The van der Waals surface area contributed by atoms with E-state index in [0.717, 1.165) is 0 Å². The van der Waals surface area contributed by atoms with Crippen molar-refractivity contribution in [3.05, 3.63) is 59.2 Å². The molecule has 170 valence electrons. The summed E-state index contributed by atoms with van der Waals surface area (Å²) in [6.07, 6.45) is -7.29. The van der Waals surface area contributed by atoms with Crippen molar-refractivity contribution in [3.63, 3.8) is 0 Å². The molecule has 32 heavy (non-hydrogen) atoms. The number of nitrogens with zero attached hydrogens (tertiary/aromatic N) is 5. The van der Waals surface area contributed by atoms with Crippen LogP contribution in [0.2, 0.25) is 0 Å². The average Bonchev–Trinajstić information content (AvgIpc) is 3.17. The Kier molecular flexibility index (Phi) is 6.05. The first-order valence-corrected chi connectivity index (χ1v) is 8.92. The van der Waals surface area contributed by atoms with Crippen LogP contribution in [0.3, 0.4) is 0 Å². The van der Waals surface area contributed by atoms with Gasteiger partial charge in [-0.15, -0.1) is 5.10 Å². The Morgan fingerprint density at radius 3 is 2.06 bits per heavy atom. The zero-order chi connectivity index (χ0) is 23.7. The number of hydrogen-bond acceptors (Lipinski definition) is 6. The molecule has 0 unspecified atom stereocenters. The number of carbonyl (C=O) groups is 1. The van der Waals surface area contributed by atoms with Crippen molar-refractivity contribution in [3.8, 4) is 5.95 Å². The molecule has 3 rings (SSSR count). The zero-order valence-corrected chi connectivity index (χ0v) is 16.5. The van der Waals surface area contributed by atoms with Gasteiger partial charge < -0.3 is 10.6 Å². The number of benzene rings is 1. The summed E-state index contributed by atoms with van der Waals surface area (Å²) in [6, 6.07) is 1.21. The highest BCUT2D eigenvalue weighted by Gasteiger charge is 2.37. The summed E-state index contributed by atoms with van der Waals surface area (Å²) < 4.78 is 79.6. The highest BCUT2D eigenvalue weighted by atomic mass is 19.4. The molecule has 2 N–H and O–H groups in total. The van der Waals surface area contributed by atoms with Gasteiger partial charge in [0.1, 0.15) is 0 Å². The molecule has 0 saturated carbocycles. The topological polar surface area (TPSA) is 97.6 Å². The lowest BCUT2D eigenvalue weighted by atomic mass is 10.0. The van der Waals surface area contributed by atoms with Gasteiger partial charge in [0.05, 0.1) is 17.2 Å². The number of aromatic nitrogens is 5. The van der Waals surface area contributed by atoms with Crippen molar-refractivity contribution in [2.75, 3.05) is 12.4 Å². The minimum absolute atomic E-state index is 0.0528. The minimum atomic E-state index is -5.07. The van der Waals surface area contributed by atoms with E-state index in [1.165, 1.54) is 31.0 Å². The molecular weight excluding hydrogens is 444 g/mol. The largest absolute Gasteiger partial charge is 0.416 e. The molecule has 1 aromatic carbocycles. The van der Waals surface area contributed by atoms with Crippen LogP contribution in [0.1, 0.15) is 40.3 Å². The molecule has 0 radical (unpaired) electrons. The van der Waals surface area contributed by atoms with Crippen LogP contribution in [0, 0.1) is 0 Å². The van der Waals surface area contributed by atoms with Gasteiger partial charge in [0.2, 0.25) is 5.95 Å². The van der Waals surface area contributed by atoms with Crippen LogP contribution in [0.4, 0.5) is 32.3 Å². The number of halogens is 6. The van der Waals surface area contributed by atoms with E-state index >= 15 is 0 Å². The zero-order valence-electron chi connectivity index (χ0n) is 16.5. The van der Waals surface area contributed by atoms with Gasteiger partial charge in [-0.3, -0.25) is 4.79 Å². The normalized spacial score (nSPS) is 13.0. The number of amides is 1. The lowest BCUT2D eigenvalue weighted by Crippen LogP contribution is -2.29. The summed E-state index contributed by atoms with van der Waals surface area (Å²) in [5.41, 5.74) is -4.00. The summed E-state index contributed by atoms with van der Waals surface area (Å²) in [5, 5.41) is 9.13. The Morgan fingerprint density at radius 1 is 1.00 bits per heavy atom. The van der Waals surface area contributed by atoms with Crippen molar-refractivity contribution < 1.29 is 31.1 Å². The van der Waals surface area contributed by atoms with E-state index in [2.05, 4.69) is 30.7 Å². The van der Waals surface area contributed by atoms with Crippen LogP contribution >= 0.6 is 0 Å². The molecule has 0 aliphatic rings. The predicted molar refractivity (Wildman–Crippen MR) is 98.8 cm³/mol. The van der Waals surface area contributed by atoms with Crippen LogP contribution < -0.4 is 10.6 Å². The molecule has 1 atom stereocenters. The number of carbonyl (C=O) groups excluding carboxylic acids is 1. The van der Waals surface area contributed by atoms with Crippen molar-refractivity contribution in [2.45, 2.75) is 25.3 Å². The highest BCUT2D eigenvalue weighted by molar-refractivity contribution is 5.94. The Morgan fingerprint density at radius 2 is 1.56 bits per heavy atom. The molecule has 8 nitrogen and oxygen atoms in total. The molecule has 0 aliphatic carbocycles. The van der Waals surface area contributed by atoms with Gasteiger partial charge in [-0.05, 0) is 31.2 Å². The number of alkyl halides is 6. The number of hydrogen-bond donors (Lipinski definition) is 2. The van der Waals surface area contributed by atoms with E-state index in [9.17, 15) is 31.1 Å².